The van der Waals surface area contributed by atoms with Gasteiger partial charge in [-0.25, -0.2) is 0 Å². The van der Waals surface area contributed by atoms with E-state index in [4.69, 9.17) is 5.73 Å². The van der Waals surface area contributed by atoms with Crippen LogP contribution >= 0.6 is 0 Å². The summed E-state index contributed by atoms with van der Waals surface area (Å²) in [6.07, 6.45) is 3.22. The van der Waals surface area contributed by atoms with Crippen LogP contribution in [-0.4, -0.2) is 16.6 Å². The van der Waals surface area contributed by atoms with Gasteiger partial charge in [-0.2, -0.15) is 0 Å². The number of hydrogen-bond donors (Lipinski definition) is 2. The van der Waals surface area contributed by atoms with Gasteiger partial charge < -0.3 is 10.8 Å². The Morgan fingerprint density at radius 3 is 2.29 bits per heavy atom. The summed E-state index contributed by atoms with van der Waals surface area (Å²) in [5.74, 6) is -0.377. The Labute approximate surface area is 105 Å². The van der Waals surface area contributed by atoms with E-state index in [1.54, 1.807) is 0 Å². The van der Waals surface area contributed by atoms with E-state index in [-0.39, 0.29) is 11.8 Å². The molecule has 0 radical (unpaired) electrons. The van der Waals surface area contributed by atoms with Crippen molar-refractivity contribution in [3.05, 3.63) is 0 Å². The van der Waals surface area contributed by atoms with Crippen molar-refractivity contribution >= 4 is 5.97 Å². The third-order valence-electron chi connectivity index (χ3n) is 4.80. The molecule has 2 atom stereocenters. The molecule has 3 nitrogen and oxygen atoms in total. The molecule has 0 aliphatic heterocycles. The fraction of sp³-hybridized carbons (Fsp3) is 0.929. The van der Waals surface area contributed by atoms with Crippen molar-refractivity contribution in [2.75, 3.05) is 0 Å². The Morgan fingerprint density at radius 1 is 1.41 bits per heavy atom. The summed E-state index contributed by atoms with van der Waals surface area (Å²) in [5.41, 5.74) is 5.91. The molecule has 0 amide bonds. The Balaban J connectivity index is 3.05. The lowest BCUT2D eigenvalue weighted by Gasteiger charge is -2.54. The van der Waals surface area contributed by atoms with E-state index in [1.807, 2.05) is 13.8 Å². The highest BCUT2D eigenvalue weighted by Gasteiger charge is 2.52. The largest absolute Gasteiger partial charge is 0.481 e. The summed E-state index contributed by atoms with van der Waals surface area (Å²) in [6.45, 7) is 10.6. The van der Waals surface area contributed by atoms with Crippen LogP contribution in [0.4, 0.5) is 0 Å². The molecule has 0 aromatic heterocycles. The molecule has 3 heteroatoms. The monoisotopic (exact) mass is 241 g/mol. The molecule has 1 aliphatic carbocycles. The van der Waals surface area contributed by atoms with Crippen LogP contribution in [0.1, 0.15) is 60.3 Å². The van der Waals surface area contributed by atoms with E-state index in [0.717, 1.165) is 19.3 Å². The molecule has 1 saturated carbocycles. The molecule has 0 saturated heterocycles. The maximum Gasteiger partial charge on any atom is 0.303 e. The summed E-state index contributed by atoms with van der Waals surface area (Å²) in [6, 6.07) is 0. The number of hydrogen-bond acceptors (Lipinski definition) is 2. The topological polar surface area (TPSA) is 63.3 Å². The number of rotatable bonds is 3. The summed E-state index contributed by atoms with van der Waals surface area (Å²) in [4.78, 5) is 11.2. The molecule has 1 aliphatic rings. The predicted octanol–water partition coefficient (Wildman–Crippen LogP) is 3.03. The lowest BCUT2D eigenvalue weighted by Crippen LogP contribution is -2.57. The van der Waals surface area contributed by atoms with Gasteiger partial charge in [-0.05, 0) is 44.4 Å². The highest BCUT2D eigenvalue weighted by atomic mass is 16.4. The molecule has 17 heavy (non-hydrogen) atoms. The fourth-order valence-electron chi connectivity index (χ4n) is 3.65. The first-order valence-electron chi connectivity index (χ1n) is 6.51. The van der Waals surface area contributed by atoms with Gasteiger partial charge >= 0.3 is 5.97 Å². The minimum absolute atomic E-state index is 0.188. The first-order valence-corrected chi connectivity index (χ1v) is 6.51. The molecule has 0 bridgehead atoms. The normalized spacial score (nSPS) is 33.4. The molecule has 2 unspecified atom stereocenters. The van der Waals surface area contributed by atoms with Crippen molar-refractivity contribution in [1.82, 2.24) is 0 Å². The average molecular weight is 241 g/mol. The van der Waals surface area contributed by atoms with Gasteiger partial charge in [0.05, 0.1) is 6.42 Å². The van der Waals surface area contributed by atoms with E-state index in [0.29, 0.717) is 11.3 Å². The van der Waals surface area contributed by atoms with Crippen LogP contribution < -0.4 is 5.73 Å². The van der Waals surface area contributed by atoms with Crippen LogP contribution in [0.5, 0.6) is 0 Å². The highest BCUT2D eigenvalue weighted by molar-refractivity contribution is 5.68. The SMILES string of the molecule is CC1CC(C)(C)CCC1(CC(=O)O)C(C)(C)N. The second-order valence-electron chi connectivity index (χ2n) is 7.22. The Hall–Kier alpha value is -0.570. The molecule has 0 aromatic rings. The Bertz CT molecular complexity index is 304. The van der Waals surface area contributed by atoms with Gasteiger partial charge in [0.15, 0.2) is 0 Å². The average Bonchev–Trinajstić information content (AvgIpc) is 2.06. The van der Waals surface area contributed by atoms with Gasteiger partial charge in [-0.1, -0.05) is 20.8 Å². The van der Waals surface area contributed by atoms with Crippen molar-refractivity contribution in [1.29, 1.82) is 0 Å². The molecule has 3 N–H and O–H groups in total. The van der Waals surface area contributed by atoms with Gasteiger partial charge in [-0.15, -0.1) is 0 Å². The number of nitrogens with two attached hydrogens (primary N) is 1. The quantitative estimate of drug-likeness (QED) is 0.798. The minimum atomic E-state index is -0.727. The van der Waals surface area contributed by atoms with Gasteiger partial charge in [-0.3, -0.25) is 4.79 Å². The Morgan fingerprint density at radius 2 is 1.94 bits per heavy atom. The lowest BCUT2D eigenvalue weighted by atomic mass is 9.52. The van der Waals surface area contributed by atoms with Gasteiger partial charge in [0, 0.05) is 11.0 Å². The maximum absolute atomic E-state index is 11.2. The zero-order chi connectivity index (χ0) is 13.5. The second kappa shape index (κ2) is 4.27. The molecule has 0 aromatic carbocycles. The minimum Gasteiger partial charge on any atom is -0.481 e. The zero-order valence-corrected chi connectivity index (χ0v) is 11.8. The number of carboxylic acids is 1. The van der Waals surface area contributed by atoms with E-state index < -0.39 is 11.5 Å². The second-order valence-corrected chi connectivity index (χ2v) is 7.22. The molecular weight excluding hydrogens is 214 g/mol. The van der Waals surface area contributed by atoms with E-state index in [9.17, 15) is 9.90 Å². The van der Waals surface area contributed by atoms with Crippen LogP contribution in [0.2, 0.25) is 0 Å². The van der Waals surface area contributed by atoms with Gasteiger partial charge in [0.2, 0.25) is 0 Å². The van der Waals surface area contributed by atoms with Crippen molar-refractivity contribution < 1.29 is 9.90 Å². The molecular formula is C14H27NO2. The molecule has 100 valence electrons. The molecule has 0 heterocycles. The van der Waals surface area contributed by atoms with E-state index in [2.05, 4.69) is 20.8 Å². The van der Waals surface area contributed by atoms with Crippen molar-refractivity contribution in [2.45, 2.75) is 65.8 Å². The summed E-state index contributed by atoms with van der Waals surface area (Å²) >= 11 is 0. The molecule has 0 spiro atoms. The standard InChI is InChI=1S/C14H27NO2/c1-10-8-12(2,3)6-7-14(10,9-11(16)17)13(4,5)15/h10H,6-9,15H2,1-5H3,(H,16,17). The van der Waals surface area contributed by atoms with Gasteiger partial charge in [0.25, 0.3) is 0 Å². The first kappa shape index (κ1) is 14.5. The van der Waals surface area contributed by atoms with E-state index >= 15 is 0 Å². The number of aliphatic carboxylic acids is 1. The third kappa shape index (κ3) is 2.82. The third-order valence-corrected chi connectivity index (χ3v) is 4.80. The van der Waals surface area contributed by atoms with Crippen molar-refractivity contribution in [3.63, 3.8) is 0 Å². The molecule has 1 rings (SSSR count). The highest BCUT2D eigenvalue weighted by Crippen LogP contribution is 2.54. The number of carbonyl (C=O) groups is 1. The van der Waals surface area contributed by atoms with Crippen LogP contribution in [0, 0.1) is 16.7 Å². The predicted molar refractivity (Wildman–Crippen MR) is 69.7 cm³/mol. The fourth-order valence-corrected chi connectivity index (χ4v) is 3.65. The van der Waals surface area contributed by atoms with Gasteiger partial charge in [0.1, 0.15) is 0 Å². The molecule has 1 fully saturated rings. The maximum atomic E-state index is 11.2. The van der Waals surface area contributed by atoms with Crippen LogP contribution in [-0.2, 0) is 4.79 Å². The Kier molecular flexibility index (Phi) is 3.64. The van der Waals surface area contributed by atoms with Crippen LogP contribution in [0.3, 0.4) is 0 Å². The smallest absolute Gasteiger partial charge is 0.303 e. The number of carboxylic acid groups (broad SMARTS) is 1. The summed E-state index contributed by atoms with van der Waals surface area (Å²) < 4.78 is 0. The summed E-state index contributed by atoms with van der Waals surface area (Å²) in [5, 5.41) is 9.19. The van der Waals surface area contributed by atoms with E-state index in [1.165, 1.54) is 0 Å². The van der Waals surface area contributed by atoms with Crippen LogP contribution in [0.25, 0.3) is 0 Å². The van der Waals surface area contributed by atoms with Crippen molar-refractivity contribution in [2.24, 2.45) is 22.5 Å². The lowest BCUT2D eigenvalue weighted by molar-refractivity contribution is -0.145. The van der Waals surface area contributed by atoms with Crippen LogP contribution in [0.15, 0.2) is 0 Å². The first-order chi connectivity index (χ1) is 7.50. The zero-order valence-electron chi connectivity index (χ0n) is 11.8. The van der Waals surface area contributed by atoms with Crippen molar-refractivity contribution in [3.8, 4) is 0 Å². The summed E-state index contributed by atoms with van der Waals surface area (Å²) in [7, 11) is 0.